The summed E-state index contributed by atoms with van der Waals surface area (Å²) in [4.78, 5) is 5.20. The van der Waals surface area contributed by atoms with Crippen LogP contribution < -0.4 is 15.4 Å². The summed E-state index contributed by atoms with van der Waals surface area (Å²) in [5, 5.41) is 5.95. The molecule has 0 aliphatic heterocycles. The maximum atomic E-state index is 12.5. The lowest BCUT2D eigenvalue weighted by Crippen LogP contribution is -2.39. The SMILES string of the molecule is CN=C(NCCCN(C)CC(F)(F)F)NCc1cc(C)ccc1OC(F)F. The molecule has 0 radical (unpaired) electrons. The molecule has 27 heavy (non-hydrogen) atoms. The molecule has 1 rings (SSSR count). The van der Waals surface area contributed by atoms with Crippen molar-refractivity contribution in [3.8, 4) is 5.75 Å². The smallest absolute Gasteiger partial charge is 0.401 e. The van der Waals surface area contributed by atoms with Gasteiger partial charge in [0.25, 0.3) is 0 Å². The minimum atomic E-state index is -4.22. The zero-order chi connectivity index (χ0) is 20.4. The van der Waals surface area contributed by atoms with Gasteiger partial charge in [-0.15, -0.1) is 0 Å². The Morgan fingerprint density at radius 3 is 2.56 bits per heavy atom. The standard InChI is InChI=1S/C17H25F5N4O/c1-12-5-6-14(27-15(18)19)13(9-12)10-25-16(23-2)24-7-4-8-26(3)11-17(20,21)22/h5-6,9,15H,4,7-8,10-11H2,1-3H3,(H2,23,24,25). The fraction of sp³-hybridized carbons (Fsp3) is 0.588. The number of rotatable bonds is 9. The van der Waals surface area contributed by atoms with Gasteiger partial charge in [-0.2, -0.15) is 22.0 Å². The summed E-state index contributed by atoms with van der Waals surface area (Å²) in [6, 6.07) is 4.88. The highest BCUT2D eigenvalue weighted by Crippen LogP contribution is 2.22. The number of hydrogen-bond acceptors (Lipinski definition) is 3. The van der Waals surface area contributed by atoms with E-state index in [-0.39, 0.29) is 18.8 Å². The highest BCUT2D eigenvalue weighted by atomic mass is 19.4. The zero-order valence-electron chi connectivity index (χ0n) is 15.5. The van der Waals surface area contributed by atoms with Gasteiger partial charge in [-0.05, 0) is 33.0 Å². The van der Waals surface area contributed by atoms with Crippen molar-refractivity contribution < 1.29 is 26.7 Å². The Hall–Kier alpha value is -2.10. The van der Waals surface area contributed by atoms with Gasteiger partial charge in [0, 0.05) is 25.7 Å². The number of nitrogens with one attached hydrogen (secondary N) is 2. The van der Waals surface area contributed by atoms with E-state index in [9.17, 15) is 22.0 Å². The molecule has 0 aromatic heterocycles. The lowest BCUT2D eigenvalue weighted by Gasteiger charge is -2.19. The van der Waals surface area contributed by atoms with E-state index in [1.54, 1.807) is 12.1 Å². The lowest BCUT2D eigenvalue weighted by molar-refractivity contribution is -0.143. The van der Waals surface area contributed by atoms with Crippen LogP contribution in [0.3, 0.4) is 0 Å². The van der Waals surface area contributed by atoms with Crippen LogP contribution in [0.1, 0.15) is 17.5 Å². The molecular weight excluding hydrogens is 371 g/mol. The molecule has 0 bridgehead atoms. The predicted octanol–water partition coefficient (Wildman–Crippen LogP) is 3.15. The van der Waals surface area contributed by atoms with E-state index < -0.39 is 19.3 Å². The third-order valence-electron chi connectivity index (χ3n) is 3.56. The average Bonchev–Trinajstić information content (AvgIpc) is 2.54. The zero-order valence-corrected chi connectivity index (χ0v) is 15.5. The van der Waals surface area contributed by atoms with Crippen LogP contribution in [-0.2, 0) is 6.54 Å². The number of aliphatic imine (C=N–C) groups is 1. The summed E-state index contributed by atoms with van der Waals surface area (Å²) < 4.78 is 66.2. The molecular formula is C17H25F5N4O. The summed E-state index contributed by atoms with van der Waals surface area (Å²) in [6.45, 7) is -1.15. The number of halogens is 5. The van der Waals surface area contributed by atoms with E-state index in [0.717, 1.165) is 5.56 Å². The number of guanidine groups is 1. The number of alkyl halides is 5. The van der Waals surface area contributed by atoms with Crippen molar-refractivity contribution in [3.63, 3.8) is 0 Å². The summed E-state index contributed by atoms with van der Waals surface area (Å²) in [7, 11) is 2.95. The molecule has 1 aromatic rings. The van der Waals surface area contributed by atoms with Gasteiger partial charge < -0.3 is 15.4 Å². The number of hydrogen-bond donors (Lipinski definition) is 2. The van der Waals surface area contributed by atoms with Crippen molar-refractivity contribution in [3.05, 3.63) is 29.3 Å². The molecule has 0 heterocycles. The van der Waals surface area contributed by atoms with E-state index in [1.165, 1.54) is 25.1 Å². The fourth-order valence-electron chi connectivity index (χ4n) is 2.40. The van der Waals surface area contributed by atoms with Gasteiger partial charge in [0.05, 0.1) is 6.54 Å². The lowest BCUT2D eigenvalue weighted by atomic mass is 10.1. The molecule has 0 aliphatic rings. The van der Waals surface area contributed by atoms with E-state index in [1.807, 2.05) is 6.92 Å². The quantitative estimate of drug-likeness (QED) is 0.291. The second-order valence-corrected chi connectivity index (χ2v) is 6.05. The summed E-state index contributed by atoms with van der Waals surface area (Å²) in [5.41, 5.74) is 1.44. The molecule has 1 aromatic carbocycles. The molecule has 0 aliphatic carbocycles. The van der Waals surface area contributed by atoms with Crippen molar-refractivity contribution in [2.75, 3.05) is 33.7 Å². The van der Waals surface area contributed by atoms with Crippen LogP contribution in [0.25, 0.3) is 0 Å². The molecule has 5 nitrogen and oxygen atoms in total. The maximum Gasteiger partial charge on any atom is 0.401 e. The first-order valence-electron chi connectivity index (χ1n) is 8.35. The van der Waals surface area contributed by atoms with E-state index in [4.69, 9.17) is 0 Å². The molecule has 0 atom stereocenters. The van der Waals surface area contributed by atoms with Crippen LogP contribution in [0, 0.1) is 6.92 Å². The molecule has 0 saturated carbocycles. The number of benzene rings is 1. The summed E-state index contributed by atoms with van der Waals surface area (Å²) >= 11 is 0. The molecule has 0 saturated heterocycles. The normalized spacial score (nSPS) is 12.6. The van der Waals surface area contributed by atoms with Crippen molar-refractivity contribution >= 4 is 5.96 Å². The van der Waals surface area contributed by atoms with Crippen molar-refractivity contribution in [1.82, 2.24) is 15.5 Å². The van der Waals surface area contributed by atoms with Crippen LogP contribution in [0.4, 0.5) is 22.0 Å². The topological polar surface area (TPSA) is 48.9 Å². The number of nitrogens with zero attached hydrogens (tertiary/aromatic N) is 2. The highest BCUT2D eigenvalue weighted by molar-refractivity contribution is 5.79. The van der Waals surface area contributed by atoms with Gasteiger partial charge in [0.15, 0.2) is 5.96 Å². The van der Waals surface area contributed by atoms with Crippen LogP contribution in [0.15, 0.2) is 23.2 Å². The summed E-state index contributed by atoms with van der Waals surface area (Å²) in [5.74, 6) is 0.491. The monoisotopic (exact) mass is 396 g/mol. The largest absolute Gasteiger partial charge is 0.434 e. The van der Waals surface area contributed by atoms with Gasteiger partial charge in [-0.25, -0.2) is 0 Å². The Morgan fingerprint density at radius 1 is 1.26 bits per heavy atom. The third-order valence-corrected chi connectivity index (χ3v) is 3.56. The molecule has 154 valence electrons. The van der Waals surface area contributed by atoms with Crippen molar-refractivity contribution in [1.29, 1.82) is 0 Å². The van der Waals surface area contributed by atoms with E-state index in [0.29, 0.717) is 24.5 Å². The predicted molar refractivity (Wildman–Crippen MR) is 94.2 cm³/mol. The van der Waals surface area contributed by atoms with Gasteiger partial charge >= 0.3 is 12.8 Å². The summed E-state index contributed by atoms with van der Waals surface area (Å²) in [6.07, 6.45) is -3.73. The van der Waals surface area contributed by atoms with Crippen LogP contribution in [-0.4, -0.2) is 57.4 Å². The molecule has 0 unspecified atom stereocenters. The van der Waals surface area contributed by atoms with Gasteiger partial charge in [-0.1, -0.05) is 17.7 Å². The van der Waals surface area contributed by atoms with Gasteiger partial charge in [0.1, 0.15) is 5.75 Å². The molecule has 10 heteroatoms. The first-order valence-corrected chi connectivity index (χ1v) is 8.35. The number of aryl methyl sites for hydroxylation is 1. The Kier molecular flexibility index (Phi) is 9.27. The molecule has 0 spiro atoms. The Labute approximate surface area is 155 Å². The molecule has 0 amide bonds. The highest BCUT2D eigenvalue weighted by Gasteiger charge is 2.28. The minimum absolute atomic E-state index is 0.0762. The van der Waals surface area contributed by atoms with Crippen LogP contribution >= 0.6 is 0 Å². The van der Waals surface area contributed by atoms with E-state index >= 15 is 0 Å². The fourth-order valence-corrected chi connectivity index (χ4v) is 2.40. The first kappa shape index (κ1) is 22.9. The average molecular weight is 396 g/mol. The van der Waals surface area contributed by atoms with E-state index in [2.05, 4.69) is 20.4 Å². The first-order chi connectivity index (χ1) is 12.6. The number of ether oxygens (including phenoxy) is 1. The maximum absolute atomic E-state index is 12.5. The molecule has 0 fully saturated rings. The Morgan fingerprint density at radius 2 is 1.96 bits per heavy atom. The molecule has 2 N–H and O–H groups in total. The van der Waals surface area contributed by atoms with Crippen LogP contribution in [0.5, 0.6) is 5.75 Å². The van der Waals surface area contributed by atoms with Gasteiger partial charge in [-0.3, -0.25) is 9.89 Å². The second kappa shape index (κ2) is 10.9. The van der Waals surface area contributed by atoms with Crippen molar-refractivity contribution in [2.24, 2.45) is 4.99 Å². The third kappa shape index (κ3) is 9.97. The van der Waals surface area contributed by atoms with Crippen molar-refractivity contribution in [2.45, 2.75) is 32.7 Å². The second-order valence-electron chi connectivity index (χ2n) is 6.05. The van der Waals surface area contributed by atoms with Gasteiger partial charge in [0.2, 0.25) is 0 Å². The Balaban J connectivity index is 2.46. The van der Waals surface area contributed by atoms with Crippen LogP contribution in [0.2, 0.25) is 0 Å². The minimum Gasteiger partial charge on any atom is -0.434 e. The Bertz CT molecular complexity index is 607.